The standard InChI is InChI=1S/C24H22N4O3/c1-27(19-10-3-2-4-11-19)21-13-6-5-12-20(21)23(30)26-18-9-7-8-17(14-18)16-28-22(29)15-25-24(28)31/h2-14H,15-16H2,1H3,(H,25,31)(H,26,30). The molecule has 31 heavy (non-hydrogen) atoms. The third kappa shape index (κ3) is 4.40. The molecule has 0 saturated carbocycles. The summed E-state index contributed by atoms with van der Waals surface area (Å²) >= 11 is 0. The molecular weight excluding hydrogens is 392 g/mol. The largest absolute Gasteiger partial charge is 0.344 e. The van der Waals surface area contributed by atoms with Gasteiger partial charge in [-0.25, -0.2) is 4.79 Å². The SMILES string of the molecule is CN(c1ccccc1)c1ccccc1C(=O)Nc1cccc(CN2C(=O)CNC2=O)c1. The molecule has 0 bridgehead atoms. The van der Waals surface area contributed by atoms with Gasteiger partial charge in [0.1, 0.15) is 0 Å². The van der Waals surface area contributed by atoms with Crippen LogP contribution in [0.4, 0.5) is 21.9 Å². The zero-order valence-electron chi connectivity index (χ0n) is 17.0. The minimum absolute atomic E-state index is 0.0149. The molecule has 1 aliphatic rings. The molecule has 3 aromatic carbocycles. The van der Waals surface area contributed by atoms with Gasteiger partial charge in [0, 0.05) is 18.4 Å². The fourth-order valence-electron chi connectivity index (χ4n) is 3.49. The highest BCUT2D eigenvalue weighted by Gasteiger charge is 2.28. The van der Waals surface area contributed by atoms with E-state index in [-0.39, 0.29) is 24.9 Å². The summed E-state index contributed by atoms with van der Waals surface area (Å²) < 4.78 is 0. The topological polar surface area (TPSA) is 81.8 Å². The third-order valence-corrected chi connectivity index (χ3v) is 5.12. The van der Waals surface area contributed by atoms with Crippen molar-refractivity contribution in [2.75, 3.05) is 23.8 Å². The van der Waals surface area contributed by atoms with E-state index in [1.54, 1.807) is 24.3 Å². The molecule has 0 unspecified atom stereocenters. The number of anilines is 3. The molecule has 156 valence electrons. The number of hydrogen-bond donors (Lipinski definition) is 2. The second-order valence-electron chi connectivity index (χ2n) is 7.20. The van der Waals surface area contributed by atoms with Crippen molar-refractivity contribution in [1.29, 1.82) is 0 Å². The van der Waals surface area contributed by atoms with Gasteiger partial charge in [-0.3, -0.25) is 14.5 Å². The Bertz CT molecular complexity index is 1110. The van der Waals surface area contributed by atoms with Gasteiger partial charge in [0.05, 0.1) is 24.3 Å². The number of hydrogen-bond acceptors (Lipinski definition) is 4. The molecule has 4 rings (SSSR count). The number of benzene rings is 3. The van der Waals surface area contributed by atoms with Crippen molar-refractivity contribution in [3.8, 4) is 0 Å². The Kier molecular flexibility index (Phi) is 5.66. The lowest BCUT2D eigenvalue weighted by Crippen LogP contribution is -2.30. The highest BCUT2D eigenvalue weighted by Crippen LogP contribution is 2.27. The second kappa shape index (κ2) is 8.71. The first-order chi connectivity index (χ1) is 15.0. The molecule has 0 atom stereocenters. The molecule has 0 radical (unpaired) electrons. The summed E-state index contributed by atoms with van der Waals surface area (Å²) in [4.78, 5) is 39.8. The van der Waals surface area contributed by atoms with Gasteiger partial charge in [-0.05, 0) is 42.0 Å². The molecule has 1 saturated heterocycles. The number of imide groups is 1. The van der Waals surface area contributed by atoms with E-state index in [0.29, 0.717) is 11.3 Å². The average molecular weight is 414 g/mol. The maximum atomic E-state index is 13.1. The summed E-state index contributed by atoms with van der Waals surface area (Å²) in [5, 5.41) is 5.42. The smallest absolute Gasteiger partial charge is 0.324 e. The molecule has 0 spiro atoms. The van der Waals surface area contributed by atoms with Gasteiger partial charge < -0.3 is 15.5 Å². The summed E-state index contributed by atoms with van der Waals surface area (Å²) in [6.45, 7) is 0.169. The number of para-hydroxylation sites is 2. The zero-order chi connectivity index (χ0) is 21.8. The minimum Gasteiger partial charge on any atom is -0.344 e. The number of amides is 4. The van der Waals surface area contributed by atoms with Crippen LogP contribution < -0.4 is 15.5 Å². The molecule has 1 fully saturated rings. The van der Waals surface area contributed by atoms with Crippen molar-refractivity contribution < 1.29 is 14.4 Å². The highest BCUT2D eigenvalue weighted by atomic mass is 16.2. The van der Waals surface area contributed by atoms with Crippen LogP contribution in [0.5, 0.6) is 0 Å². The van der Waals surface area contributed by atoms with Crippen LogP contribution in [0.3, 0.4) is 0 Å². The summed E-state index contributed by atoms with van der Waals surface area (Å²) in [6, 6.07) is 23.9. The van der Waals surface area contributed by atoms with Gasteiger partial charge in [0.15, 0.2) is 0 Å². The zero-order valence-corrected chi connectivity index (χ0v) is 17.0. The van der Waals surface area contributed by atoms with Crippen LogP contribution in [-0.4, -0.2) is 36.3 Å². The first-order valence-electron chi connectivity index (χ1n) is 9.89. The molecule has 7 nitrogen and oxygen atoms in total. The van der Waals surface area contributed by atoms with Gasteiger partial charge in [-0.15, -0.1) is 0 Å². The lowest BCUT2D eigenvalue weighted by Gasteiger charge is -2.22. The number of nitrogens with zero attached hydrogens (tertiary/aromatic N) is 2. The quantitative estimate of drug-likeness (QED) is 0.602. The fourth-order valence-corrected chi connectivity index (χ4v) is 3.49. The van der Waals surface area contributed by atoms with E-state index in [1.165, 1.54) is 0 Å². The van der Waals surface area contributed by atoms with Crippen molar-refractivity contribution in [2.24, 2.45) is 0 Å². The van der Waals surface area contributed by atoms with Crippen LogP contribution in [0, 0.1) is 0 Å². The number of rotatable bonds is 6. The van der Waals surface area contributed by atoms with Crippen LogP contribution in [0.1, 0.15) is 15.9 Å². The number of carbonyl (C=O) groups excluding carboxylic acids is 3. The van der Waals surface area contributed by atoms with E-state index in [9.17, 15) is 14.4 Å². The Labute approximate surface area is 180 Å². The monoisotopic (exact) mass is 414 g/mol. The molecule has 1 heterocycles. The summed E-state index contributed by atoms with van der Waals surface area (Å²) in [6.07, 6.45) is 0. The third-order valence-electron chi connectivity index (χ3n) is 5.12. The molecule has 0 aliphatic carbocycles. The molecule has 3 aromatic rings. The minimum atomic E-state index is -0.405. The molecule has 2 N–H and O–H groups in total. The van der Waals surface area contributed by atoms with Crippen molar-refractivity contribution in [3.05, 3.63) is 90.0 Å². The Hall–Kier alpha value is -4.13. The van der Waals surface area contributed by atoms with Crippen LogP contribution in [0.2, 0.25) is 0 Å². The Morgan fingerprint density at radius 3 is 2.48 bits per heavy atom. The van der Waals surface area contributed by atoms with Gasteiger partial charge in [-0.2, -0.15) is 0 Å². The lowest BCUT2D eigenvalue weighted by molar-refractivity contribution is -0.125. The van der Waals surface area contributed by atoms with Crippen molar-refractivity contribution in [2.45, 2.75) is 6.54 Å². The van der Waals surface area contributed by atoms with Crippen LogP contribution >= 0.6 is 0 Å². The van der Waals surface area contributed by atoms with Crippen molar-refractivity contribution in [1.82, 2.24) is 10.2 Å². The molecule has 0 aromatic heterocycles. The van der Waals surface area contributed by atoms with Crippen molar-refractivity contribution >= 4 is 34.9 Å². The number of urea groups is 1. The van der Waals surface area contributed by atoms with Crippen LogP contribution in [0.15, 0.2) is 78.9 Å². The van der Waals surface area contributed by atoms with Gasteiger partial charge in [0.25, 0.3) is 5.91 Å². The molecule has 7 heteroatoms. The predicted octanol–water partition coefficient (Wildman–Crippen LogP) is 3.76. The molecular formula is C24H22N4O3. The van der Waals surface area contributed by atoms with E-state index in [1.807, 2.05) is 66.5 Å². The summed E-state index contributed by atoms with van der Waals surface area (Å²) in [5.41, 5.74) is 3.62. The van der Waals surface area contributed by atoms with E-state index >= 15 is 0 Å². The predicted molar refractivity (Wildman–Crippen MR) is 119 cm³/mol. The normalized spacial score (nSPS) is 13.1. The molecule has 1 aliphatic heterocycles. The first-order valence-corrected chi connectivity index (χ1v) is 9.89. The second-order valence-corrected chi connectivity index (χ2v) is 7.20. The molecule has 4 amide bonds. The maximum absolute atomic E-state index is 13.1. The van der Waals surface area contributed by atoms with Crippen LogP contribution in [-0.2, 0) is 11.3 Å². The Morgan fingerprint density at radius 2 is 1.74 bits per heavy atom. The van der Waals surface area contributed by atoms with Crippen LogP contribution in [0.25, 0.3) is 0 Å². The number of carbonyl (C=O) groups is 3. The summed E-state index contributed by atoms with van der Waals surface area (Å²) in [7, 11) is 1.92. The average Bonchev–Trinajstić information content (AvgIpc) is 3.11. The van der Waals surface area contributed by atoms with Gasteiger partial charge in [0.2, 0.25) is 5.91 Å². The van der Waals surface area contributed by atoms with Crippen molar-refractivity contribution in [3.63, 3.8) is 0 Å². The maximum Gasteiger partial charge on any atom is 0.324 e. The Morgan fingerprint density at radius 1 is 1.00 bits per heavy atom. The van der Waals surface area contributed by atoms with E-state index < -0.39 is 6.03 Å². The fraction of sp³-hybridized carbons (Fsp3) is 0.125. The highest BCUT2D eigenvalue weighted by molar-refractivity contribution is 6.08. The van der Waals surface area contributed by atoms with E-state index in [2.05, 4.69) is 10.6 Å². The van der Waals surface area contributed by atoms with Gasteiger partial charge in [-0.1, -0.05) is 42.5 Å². The van der Waals surface area contributed by atoms with E-state index in [0.717, 1.165) is 21.8 Å². The van der Waals surface area contributed by atoms with Gasteiger partial charge >= 0.3 is 6.03 Å². The Balaban J connectivity index is 1.53. The first kappa shape index (κ1) is 20.2. The number of nitrogens with one attached hydrogen (secondary N) is 2. The van der Waals surface area contributed by atoms with E-state index in [4.69, 9.17) is 0 Å². The summed E-state index contributed by atoms with van der Waals surface area (Å²) in [5.74, 6) is -0.511. The lowest BCUT2D eigenvalue weighted by atomic mass is 10.1.